The molecule has 4 nitrogen and oxygen atoms in total. The van der Waals surface area contributed by atoms with Crippen LogP contribution in [0.4, 0.5) is 13.2 Å². The minimum absolute atomic E-state index is 0.0116. The molecule has 0 unspecified atom stereocenters. The maximum absolute atomic E-state index is 11.9. The van der Waals surface area contributed by atoms with Gasteiger partial charge in [-0.05, 0) is 31.5 Å². The van der Waals surface area contributed by atoms with Crippen molar-refractivity contribution in [2.24, 2.45) is 5.73 Å². The second kappa shape index (κ2) is 8.74. The van der Waals surface area contributed by atoms with Crippen LogP contribution in [0.5, 0.6) is 11.5 Å². The summed E-state index contributed by atoms with van der Waals surface area (Å²) in [5.74, 6) is 1.07. The Morgan fingerprint density at radius 2 is 1.90 bits per heavy atom. The average molecular weight is 307 g/mol. The third-order valence-electron chi connectivity index (χ3n) is 2.51. The fourth-order valence-corrected chi connectivity index (χ4v) is 1.74. The molecule has 2 N–H and O–H groups in total. The number of hydrogen-bond donors (Lipinski definition) is 1. The van der Waals surface area contributed by atoms with Crippen LogP contribution in [0.3, 0.4) is 0 Å². The van der Waals surface area contributed by atoms with E-state index < -0.39 is 12.8 Å². The highest BCUT2D eigenvalue weighted by atomic mass is 19.4. The average Bonchev–Trinajstić information content (AvgIpc) is 2.40. The molecule has 1 aromatic carbocycles. The molecule has 0 amide bonds. The molecule has 7 heteroatoms. The van der Waals surface area contributed by atoms with Crippen molar-refractivity contribution < 1.29 is 27.4 Å². The monoisotopic (exact) mass is 307 g/mol. The Morgan fingerprint density at radius 3 is 2.52 bits per heavy atom. The number of nitrogens with two attached hydrogens (primary N) is 1. The van der Waals surface area contributed by atoms with E-state index in [1.807, 2.05) is 19.1 Å². The summed E-state index contributed by atoms with van der Waals surface area (Å²) in [5.41, 5.74) is 6.39. The third kappa shape index (κ3) is 6.68. The van der Waals surface area contributed by atoms with Crippen LogP contribution < -0.4 is 15.2 Å². The fraction of sp³-hybridized carbons (Fsp3) is 0.571. The van der Waals surface area contributed by atoms with Crippen molar-refractivity contribution >= 4 is 0 Å². The molecule has 0 atom stereocenters. The van der Waals surface area contributed by atoms with Crippen LogP contribution in [-0.2, 0) is 11.2 Å². The molecule has 0 spiro atoms. The van der Waals surface area contributed by atoms with E-state index in [0.717, 1.165) is 5.56 Å². The quantitative estimate of drug-likeness (QED) is 0.712. The van der Waals surface area contributed by atoms with Crippen molar-refractivity contribution in [3.63, 3.8) is 0 Å². The van der Waals surface area contributed by atoms with Gasteiger partial charge in [0, 0.05) is 0 Å². The summed E-state index contributed by atoms with van der Waals surface area (Å²) in [7, 11) is 0. The van der Waals surface area contributed by atoms with E-state index >= 15 is 0 Å². The molecule has 0 bridgehead atoms. The molecule has 0 radical (unpaired) electrons. The standard InChI is InChI=1S/C14H20F3NO3/c1-2-20-12-5-3-4-11(6-7-18)13(12)21-9-8-19-10-14(15,16)17/h3-5H,2,6-10,18H2,1H3. The Bertz CT molecular complexity index is 400. The summed E-state index contributed by atoms with van der Waals surface area (Å²) in [6.07, 6.45) is -3.73. The van der Waals surface area contributed by atoms with Crippen LogP contribution >= 0.6 is 0 Å². The first-order chi connectivity index (χ1) is 9.98. The summed E-state index contributed by atoms with van der Waals surface area (Å²) in [4.78, 5) is 0. The van der Waals surface area contributed by atoms with Gasteiger partial charge in [0.1, 0.15) is 13.2 Å². The van der Waals surface area contributed by atoms with E-state index in [1.54, 1.807) is 6.07 Å². The zero-order valence-corrected chi connectivity index (χ0v) is 11.9. The molecule has 21 heavy (non-hydrogen) atoms. The van der Waals surface area contributed by atoms with Gasteiger partial charge in [0.15, 0.2) is 11.5 Å². The van der Waals surface area contributed by atoms with Crippen molar-refractivity contribution in [2.45, 2.75) is 19.5 Å². The summed E-state index contributed by atoms with van der Waals surface area (Å²) in [6.45, 7) is 1.33. The number of alkyl halides is 3. The van der Waals surface area contributed by atoms with Crippen molar-refractivity contribution in [3.05, 3.63) is 23.8 Å². The highest BCUT2D eigenvalue weighted by Gasteiger charge is 2.27. The van der Waals surface area contributed by atoms with Crippen LogP contribution in [0.25, 0.3) is 0 Å². The Kier molecular flexibility index (Phi) is 7.31. The molecular weight excluding hydrogens is 287 g/mol. The zero-order valence-electron chi connectivity index (χ0n) is 11.9. The van der Waals surface area contributed by atoms with Crippen molar-refractivity contribution in [3.8, 4) is 11.5 Å². The topological polar surface area (TPSA) is 53.7 Å². The molecular formula is C14H20F3NO3. The highest BCUT2D eigenvalue weighted by Crippen LogP contribution is 2.31. The number of ether oxygens (including phenoxy) is 3. The van der Waals surface area contributed by atoms with Crippen LogP contribution in [-0.4, -0.2) is 39.1 Å². The lowest BCUT2D eigenvalue weighted by Crippen LogP contribution is -2.19. The molecule has 0 aliphatic heterocycles. The molecule has 0 aliphatic rings. The smallest absolute Gasteiger partial charge is 0.411 e. The zero-order chi connectivity index (χ0) is 15.7. The molecule has 0 saturated heterocycles. The third-order valence-corrected chi connectivity index (χ3v) is 2.51. The molecule has 0 heterocycles. The maximum Gasteiger partial charge on any atom is 0.411 e. The van der Waals surface area contributed by atoms with Crippen LogP contribution in [0, 0.1) is 0 Å². The van der Waals surface area contributed by atoms with Gasteiger partial charge in [-0.25, -0.2) is 0 Å². The minimum atomic E-state index is -4.33. The Hall–Kier alpha value is -1.47. The lowest BCUT2D eigenvalue weighted by Gasteiger charge is -2.16. The van der Waals surface area contributed by atoms with E-state index in [9.17, 15) is 13.2 Å². The van der Waals surface area contributed by atoms with Gasteiger partial charge in [-0.1, -0.05) is 12.1 Å². The van der Waals surface area contributed by atoms with E-state index in [0.29, 0.717) is 31.1 Å². The van der Waals surface area contributed by atoms with Crippen molar-refractivity contribution in [2.75, 3.05) is 33.0 Å². The van der Waals surface area contributed by atoms with Crippen LogP contribution in [0.2, 0.25) is 0 Å². The molecule has 120 valence electrons. The normalized spacial score (nSPS) is 11.5. The van der Waals surface area contributed by atoms with E-state index in [4.69, 9.17) is 15.2 Å². The molecule has 1 rings (SSSR count). The molecule has 0 saturated carbocycles. The maximum atomic E-state index is 11.9. The summed E-state index contributed by atoms with van der Waals surface area (Å²) in [6, 6.07) is 5.42. The van der Waals surface area contributed by atoms with Gasteiger partial charge < -0.3 is 19.9 Å². The van der Waals surface area contributed by atoms with Crippen LogP contribution in [0.1, 0.15) is 12.5 Å². The second-order valence-electron chi connectivity index (χ2n) is 4.23. The summed E-state index contributed by atoms with van der Waals surface area (Å²) >= 11 is 0. The number of rotatable bonds is 9. The molecule has 0 aliphatic carbocycles. The molecule has 0 aromatic heterocycles. The largest absolute Gasteiger partial charge is 0.490 e. The Labute approximate surface area is 122 Å². The number of hydrogen-bond acceptors (Lipinski definition) is 4. The van der Waals surface area contributed by atoms with Gasteiger partial charge >= 0.3 is 6.18 Å². The first kappa shape index (κ1) is 17.6. The number of benzene rings is 1. The predicted octanol–water partition coefficient (Wildman–Crippen LogP) is 2.54. The Balaban J connectivity index is 2.58. The molecule has 1 aromatic rings. The van der Waals surface area contributed by atoms with Crippen LogP contribution in [0.15, 0.2) is 18.2 Å². The Morgan fingerprint density at radius 1 is 1.14 bits per heavy atom. The van der Waals surface area contributed by atoms with Gasteiger partial charge in [0.05, 0.1) is 13.2 Å². The van der Waals surface area contributed by atoms with Gasteiger partial charge in [0.2, 0.25) is 0 Å². The number of halogens is 3. The van der Waals surface area contributed by atoms with Gasteiger partial charge in [-0.2, -0.15) is 13.2 Å². The van der Waals surface area contributed by atoms with E-state index in [2.05, 4.69) is 4.74 Å². The van der Waals surface area contributed by atoms with E-state index in [1.165, 1.54) is 0 Å². The highest BCUT2D eigenvalue weighted by molar-refractivity contribution is 5.46. The minimum Gasteiger partial charge on any atom is -0.490 e. The van der Waals surface area contributed by atoms with Crippen molar-refractivity contribution in [1.29, 1.82) is 0 Å². The lowest BCUT2D eigenvalue weighted by atomic mass is 10.1. The SMILES string of the molecule is CCOc1cccc(CCN)c1OCCOCC(F)(F)F. The van der Waals surface area contributed by atoms with Gasteiger partial charge in [-0.15, -0.1) is 0 Å². The van der Waals surface area contributed by atoms with E-state index in [-0.39, 0.29) is 13.2 Å². The first-order valence-electron chi connectivity index (χ1n) is 6.70. The number of para-hydroxylation sites is 1. The fourth-order valence-electron chi connectivity index (χ4n) is 1.74. The van der Waals surface area contributed by atoms with Gasteiger partial charge in [0.25, 0.3) is 0 Å². The summed E-state index contributed by atoms with van der Waals surface area (Å²) in [5, 5.41) is 0. The lowest BCUT2D eigenvalue weighted by molar-refractivity contribution is -0.175. The molecule has 0 fully saturated rings. The van der Waals surface area contributed by atoms with Gasteiger partial charge in [-0.3, -0.25) is 0 Å². The first-order valence-corrected chi connectivity index (χ1v) is 6.70. The van der Waals surface area contributed by atoms with Crippen molar-refractivity contribution in [1.82, 2.24) is 0 Å². The summed E-state index contributed by atoms with van der Waals surface area (Å²) < 4.78 is 51.3. The predicted molar refractivity (Wildman–Crippen MR) is 72.7 cm³/mol. The second-order valence-corrected chi connectivity index (χ2v) is 4.23.